The molecule has 130 valence electrons. The summed E-state index contributed by atoms with van der Waals surface area (Å²) in [6.45, 7) is 2.29. The van der Waals surface area contributed by atoms with Crippen LogP contribution in [0.15, 0.2) is 57.9 Å². The van der Waals surface area contributed by atoms with Gasteiger partial charge in [0.2, 0.25) is 0 Å². The molecule has 7 nitrogen and oxygen atoms in total. The average Bonchev–Trinajstić information content (AvgIpc) is 3.27. The Morgan fingerprint density at radius 1 is 1.27 bits per heavy atom. The highest BCUT2D eigenvalue weighted by molar-refractivity contribution is 6.00. The number of carbonyl (C=O) groups excluding carboxylic acids is 1. The third kappa shape index (κ3) is 3.19. The number of nitrogens with zero attached hydrogens (tertiary/aromatic N) is 3. The molecule has 0 fully saturated rings. The molecule has 0 unspecified atom stereocenters. The number of rotatable bonds is 5. The van der Waals surface area contributed by atoms with Gasteiger partial charge in [0.05, 0.1) is 5.39 Å². The third-order valence-electron chi connectivity index (χ3n) is 4.02. The molecule has 3 aromatic heterocycles. The Bertz CT molecular complexity index is 1050. The van der Waals surface area contributed by atoms with E-state index in [1.54, 1.807) is 37.5 Å². The first-order chi connectivity index (χ1) is 12.7. The average molecular weight is 348 g/mol. The quantitative estimate of drug-likeness (QED) is 0.595. The van der Waals surface area contributed by atoms with Gasteiger partial charge in [-0.1, -0.05) is 11.2 Å². The van der Waals surface area contributed by atoms with Crippen LogP contribution in [0, 0.1) is 6.92 Å². The standard InChI is InChI=1S/C19H16N4O3/c1-12-22-16(11-25-12)18-15-9-14(4-5-17(15)26-23-18)19(24)21-8-6-13-3-2-7-20-10-13/h2-5,7,9-11H,6,8H2,1H3,(H,21,24). The highest BCUT2D eigenvalue weighted by atomic mass is 16.5. The van der Waals surface area contributed by atoms with Gasteiger partial charge in [0.15, 0.2) is 11.5 Å². The molecule has 0 bridgehead atoms. The summed E-state index contributed by atoms with van der Waals surface area (Å²) in [5, 5.41) is 7.68. The summed E-state index contributed by atoms with van der Waals surface area (Å²) in [6.07, 6.45) is 5.76. The largest absolute Gasteiger partial charge is 0.449 e. The Kier molecular flexibility index (Phi) is 4.18. The van der Waals surface area contributed by atoms with Crippen molar-refractivity contribution in [2.45, 2.75) is 13.3 Å². The van der Waals surface area contributed by atoms with E-state index in [-0.39, 0.29) is 5.91 Å². The minimum Gasteiger partial charge on any atom is -0.449 e. The fraction of sp³-hybridized carbons (Fsp3) is 0.158. The Balaban J connectivity index is 1.52. The molecule has 1 aromatic carbocycles. The molecule has 3 heterocycles. The van der Waals surface area contributed by atoms with Gasteiger partial charge in [-0.15, -0.1) is 0 Å². The summed E-state index contributed by atoms with van der Waals surface area (Å²) in [7, 11) is 0. The number of hydrogen-bond acceptors (Lipinski definition) is 6. The van der Waals surface area contributed by atoms with Crippen LogP contribution in [0.25, 0.3) is 22.4 Å². The molecule has 26 heavy (non-hydrogen) atoms. The molecule has 0 aliphatic carbocycles. The van der Waals surface area contributed by atoms with Gasteiger partial charge in [-0.3, -0.25) is 9.78 Å². The number of benzene rings is 1. The van der Waals surface area contributed by atoms with Gasteiger partial charge in [0, 0.05) is 31.4 Å². The molecule has 0 aliphatic rings. The lowest BCUT2D eigenvalue weighted by Crippen LogP contribution is -2.25. The van der Waals surface area contributed by atoms with Crippen LogP contribution < -0.4 is 5.32 Å². The Hall–Kier alpha value is -3.48. The van der Waals surface area contributed by atoms with Crippen LogP contribution in [0.3, 0.4) is 0 Å². The summed E-state index contributed by atoms with van der Waals surface area (Å²) >= 11 is 0. The maximum absolute atomic E-state index is 12.4. The van der Waals surface area contributed by atoms with Gasteiger partial charge >= 0.3 is 0 Å². The minimum atomic E-state index is -0.153. The SMILES string of the molecule is Cc1nc(-c2noc3ccc(C(=O)NCCc4cccnc4)cc23)co1. The zero-order chi connectivity index (χ0) is 17.9. The van der Waals surface area contributed by atoms with Crippen molar-refractivity contribution in [3.8, 4) is 11.4 Å². The normalized spacial score (nSPS) is 11.0. The van der Waals surface area contributed by atoms with E-state index in [9.17, 15) is 4.79 Å². The fourth-order valence-electron chi connectivity index (χ4n) is 2.71. The van der Waals surface area contributed by atoms with Crippen LogP contribution in [0.4, 0.5) is 0 Å². The molecular formula is C19H16N4O3. The second kappa shape index (κ2) is 6.79. The van der Waals surface area contributed by atoms with Crippen molar-refractivity contribution in [1.29, 1.82) is 0 Å². The first-order valence-electron chi connectivity index (χ1n) is 8.20. The van der Waals surface area contributed by atoms with Crippen LogP contribution in [-0.2, 0) is 6.42 Å². The molecule has 0 radical (unpaired) electrons. The van der Waals surface area contributed by atoms with Crippen molar-refractivity contribution in [1.82, 2.24) is 20.4 Å². The summed E-state index contributed by atoms with van der Waals surface area (Å²) in [5.41, 5.74) is 3.34. The van der Waals surface area contributed by atoms with Crippen molar-refractivity contribution in [3.63, 3.8) is 0 Å². The second-order valence-corrected chi connectivity index (χ2v) is 5.86. The van der Waals surface area contributed by atoms with Gasteiger partial charge < -0.3 is 14.3 Å². The van der Waals surface area contributed by atoms with E-state index in [0.29, 0.717) is 35.0 Å². The number of aromatic nitrogens is 3. The smallest absolute Gasteiger partial charge is 0.251 e. The van der Waals surface area contributed by atoms with Crippen LogP contribution in [0.5, 0.6) is 0 Å². The minimum absolute atomic E-state index is 0.153. The van der Waals surface area contributed by atoms with E-state index in [1.807, 2.05) is 12.1 Å². The zero-order valence-electron chi connectivity index (χ0n) is 14.1. The van der Waals surface area contributed by atoms with E-state index < -0.39 is 0 Å². The van der Waals surface area contributed by atoms with Crippen molar-refractivity contribution in [2.24, 2.45) is 0 Å². The van der Waals surface area contributed by atoms with E-state index in [0.717, 1.165) is 17.4 Å². The van der Waals surface area contributed by atoms with Crippen molar-refractivity contribution in [3.05, 3.63) is 66.0 Å². The molecule has 4 aromatic rings. The van der Waals surface area contributed by atoms with E-state index >= 15 is 0 Å². The van der Waals surface area contributed by atoms with E-state index in [4.69, 9.17) is 8.94 Å². The number of carbonyl (C=O) groups is 1. The second-order valence-electron chi connectivity index (χ2n) is 5.86. The lowest BCUT2D eigenvalue weighted by molar-refractivity contribution is 0.0954. The molecule has 0 saturated carbocycles. The van der Waals surface area contributed by atoms with Gasteiger partial charge in [-0.2, -0.15) is 0 Å². The van der Waals surface area contributed by atoms with Crippen molar-refractivity contribution >= 4 is 16.9 Å². The maximum Gasteiger partial charge on any atom is 0.251 e. The van der Waals surface area contributed by atoms with Crippen LogP contribution >= 0.6 is 0 Å². The first kappa shape index (κ1) is 16.0. The third-order valence-corrected chi connectivity index (χ3v) is 4.02. The summed E-state index contributed by atoms with van der Waals surface area (Å²) in [4.78, 5) is 20.8. The molecule has 0 aliphatic heterocycles. The maximum atomic E-state index is 12.4. The van der Waals surface area contributed by atoms with Gasteiger partial charge in [-0.25, -0.2) is 4.98 Å². The monoisotopic (exact) mass is 348 g/mol. The van der Waals surface area contributed by atoms with Crippen LogP contribution in [0.2, 0.25) is 0 Å². The molecule has 1 N–H and O–H groups in total. The molecule has 1 amide bonds. The van der Waals surface area contributed by atoms with Gasteiger partial charge in [-0.05, 0) is 36.2 Å². The molecule has 0 spiro atoms. The molecule has 0 saturated heterocycles. The number of fused-ring (bicyclic) bond motifs is 1. The molecule has 4 rings (SSSR count). The molecular weight excluding hydrogens is 332 g/mol. The van der Waals surface area contributed by atoms with Crippen molar-refractivity contribution < 1.29 is 13.7 Å². The van der Waals surface area contributed by atoms with Crippen LogP contribution in [-0.4, -0.2) is 27.6 Å². The predicted molar refractivity (Wildman–Crippen MR) is 94.5 cm³/mol. The highest BCUT2D eigenvalue weighted by Crippen LogP contribution is 2.28. The van der Waals surface area contributed by atoms with Crippen LogP contribution in [0.1, 0.15) is 21.8 Å². The predicted octanol–water partition coefficient (Wildman–Crippen LogP) is 3.16. The van der Waals surface area contributed by atoms with Gasteiger partial charge in [0.1, 0.15) is 17.7 Å². The van der Waals surface area contributed by atoms with Gasteiger partial charge in [0.25, 0.3) is 5.91 Å². The summed E-state index contributed by atoms with van der Waals surface area (Å²) in [6, 6.07) is 9.06. The van der Waals surface area contributed by atoms with Crippen molar-refractivity contribution in [2.75, 3.05) is 6.54 Å². The Morgan fingerprint density at radius 2 is 2.19 bits per heavy atom. The number of nitrogens with one attached hydrogen (secondary N) is 1. The number of hydrogen-bond donors (Lipinski definition) is 1. The Labute approximate surface area is 149 Å². The fourth-order valence-corrected chi connectivity index (χ4v) is 2.71. The molecule has 0 atom stereocenters. The number of amides is 1. The lowest BCUT2D eigenvalue weighted by atomic mass is 10.1. The number of pyridine rings is 1. The summed E-state index contributed by atoms with van der Waals surface area (Å²) < 4.78 is 10.5. The molecule has 7 heteroatoms. The lowest BCUT2D eigenvalue weighted by Gasteiger charge is -2.05. The first-order valence-corrected chi connectivity index (χ1v) is 8.20. The number of aryl methyl sites for hydroxylation is 1. The van der Waals surface area contributed by atoms with E-state index in [1.165, 1.54) is 6.26 Å². The van der Waals surface area contributed by atoms with E-state index in [2.05, 4.69) is 20.4 Å². The highest BCUT2D eigenvalue weighted by Gasteiger charge is 2.16. The number of oxazole rings is 1. The Morgan fingerprint density at radius 3 is 2.96 bits per heavy atom. The zero-order valence-corrected chi connectivity index (χ0v) is 14.1. The topological polar surface area (TPSA) is 94.0 Å². The summed E-state index contributed by atoms with van der Waals surface area (Å²) in [5.74, 6) is 0.389.